The summed E-state index contributed by atoms with van der Waals surface area (Å²) in [7, 11) is -4.38. The van der Waals surface area contributed by atoms with E-state index in [1.54, 1.807) is 0 Å². The maximum Gasteiger partial charge on any atom is 0.417 e. The Bertz CT molecular complexity index is 973. The summed E-state index contributed by atoms with van der Waals surface area (Å²) in [6.45, 7) is 1.91. The zero-order valence-electron chi connectivity index (χ0n) is 15.1. The smallest absolute Gasteiger partial charge is 0.337 e. The molecule has 1 saturated heterocycles. The third-order valence-corrected chi connectivity index (χ3v) is 6.19. The first kappa shape index (κ1) is 21.1. The van der Waals surface area contributed by atoms with Gasteiger partial charge in [-0.2, -0.15) is 13.2 Å². The van der Waals surface area contributed by atoms with Crippen molar-refractivity contribution in [1.29, 1.82) is 0 Å². The molecule has 0 aliphatic carbocycles. The van der Waals surface area contributed by atoms with Gasteiger partial charge in [0.05, 0.1) is 15.4 Å². The SMILES string of the molecule is O=C(NCC1CNNC1)Nc1ccc(S(=O)(=O)c2ccccc2C(F)(F)F)cc1. The number of alkyl halides is 3. The van der Waals surface area contributed by atoms with Crippen LogP contribution in [0.15, 0.2) is 58.3 Å². The summed E-state index contributed by atoms with van der Waals surface area (Å²) in [4.78, 5) is 10.8. The fraction of sp³-hybridized carbons (Fsp3) is 0.278. The van der Waals surface area contributed by atoms with Gasteiger partial charge in [-0.1, -0.05) is 12.1 Å². The number of anilines is 1. The average molecular weight is 428 g/mol. The van der Waals surface area contributed by atoms with Crippen LogP contribution in [0, 0.1) is 5.92 Å². The lowest BCUT2D eigenvalue weighted by Gasteiger charge is -2.14. The molecule has 0 atom stereocenters. The van der Waals surface area contributed by atoms with Crippen LogP contribution in [0.5, 0.6) is 0 Å². The van der Waals surface area contributed by atoms with E-state index < -0.39 is 32.5 Å². The lowest BCUT2D eigenvalue weighted by atomic mass is 10.2. The van der Waals surface area contributed by atoms with Gasteiger partial charge in [-0.25, -0.2) is 13.2 Å². The van der Waals surface area contributed by atoms with Gasteiger partial charge in [0.2, 0.25) is 9.84 Å². The van der Waals surface area contributed by atoms with Crippen molar-refractivity contribution in [3.8, 4) is 0 Å². The quantitative estimate of drug-likeness (QED) is 0.586. The standard InChI is InChI=1S/C18H19F3N4O3S/c19-18(20,21)15-3-1-2-4-16(15)29(27,28)14-7-5-13(6-8-14)25-17(26)22-9-12-10-23-24-11-12/h1-8,12,23-24H,9-11H2,(H2,22,25,26). The number of benzene rings is 2. The minimum Gasteiger partial charge on any atom is -0.337 e. The van der Waals surface area contributed by atoms with Crippen molar-refractivity contribution in [2.24, 2.45) is 5.92 Å². The van der Waals surface area contributed by atoms with Crippen LogP contribution >= 0.6 is 0 Å². The number of sulfone groups is 1. The summed E-state index contributed by atoms with van der Waals surface area (Å²) in [6.07, 6.45) is -4.80. The van der Waals surface area contributed by atoms with Crippen LogP contribution in [0.25, 0.3) is 0 Å². The van der Waals surface area contributed by atoms with Crippen LogP contribution in [0.2, 0.25) is 0 Å². The molecule has 0 unspecified atom stereocenters. The number of carbonyl (C=O) groups excluding carboxylic acids is 1. The molecule has 2 aromatic rings. The lowest BCUT2D eigenvalue weighted by Crippen LogP contribution is -2.34. The number of urea groups is 1. The predicted octanol–water partition coefficient (Wildman–Crippen LogP) is 2.38. The van der Waals surface area contributed by atoms with Crippen molar-refractivity contribution in [3.63, 3.8) is 0 Å². The molecule has 1 aliphatic rings. The van der Waals surface area contributed by atoms with E-state index in [-0.39, 0.29) is 10.8 Å². The van der Waals surface area contributed by atoms with Crippen LogP contribution in [-0.2, 0) is 16.0 Å². The Hall–Kier alpha value is -2.63. The molecule has 0 bridgehead atoms. The lowest BCUT2D eigenvalue weighted by molar-refractivity contribution is -0.139. The molecule has 0 aromatic heterocycles. The number of amides is 2. The van der Waals surface area contributed by atoms with Crippen molar-refractivity contribution in [1.82, 2.24) is 16.2 Å². The largest absolute Gasteiger partial charge is 0.417 e. The van der Waals surface area contributed by atoms with E-state index in [2.05, 4.69) is 21.5 Å². The Morgan fingerprint density at radius 2 is 1.66 bits per heavy atom. The van der Waals surface area contributed by atoms with Crippen LogP contribution in [-0.4, -0.2) is 34.1 Å². The Morgan fingerprint density at radius 3 is 2.28 bits per heavy atom. The molecule has 0 spiro atoms. The van der Waals surface area contributed by atoms with Crippen LogP contribution in [0.1, 0.15) is 5.56 Å². The van der Waals surface area contributed by atoms with Gasteiger partial charge in [-0.3, -0.25) is 10.9 Å². The van der Waals surface area contributed by atoms with Gasteiger partial charge in [0, 0.05) is 31.2 Å². The number of rotatable bonds is 5. The number of hydrazine groups is 1. The van der Waals surface area contributed by atoms with Crippen molar-refractivity contribution in [3.05, 3.63) is 54.1 Å². The van der Waals surface area contributed by atoms with Gasteiger partial charge in [-0.15, -0.1) is 0 Å². The number of hydrogen-bond donors (Lipinski definition) is 4. The van der Waals surface area contributed by atoms with Gasteiger partial charge < -0.3 is 10.6 Å². The van der Waals surface area contributed by atoms with E-state index in [4.69, 9.17) is 0 Å². The molecule has 7 nitrogen and oxygen atoms in total. The van der Waals surface area contributed by atoms with E-state index in [0.717, 1.165) is 43.4 Å². The Balaban J connectivity index is 1.72. The zero-order chi connectivity index (χ0) is 21.1. The molecule has 4 N–H and O–H groups in total. The topological polar surface area (TPSA) is 99.3 Å². The van der Waals surface area contributed by atoms with Gasteiger partial charge in [0.1, 0.15) is 0 Å². The first-order valence-electron chi connectivity index (χ1n) is 8.70. The van der Waals surface area contributed by atoms with Crippen molar-refractivity contribution in [2.75, 3.05) is 25.0 Å². The first-order valence-corrected chi connectivity index (χ1v) is 10.2. The minimum absolute atomic E-state index is 0.252. The summed E-state index contributed by atoms with van der Waals surface area (Å²) in [5.41, 5.74) is 4.98. The second-order valence-corrected chi connectivity index (χ2v) is 8.40. The summed E-state index contributed by atoms with van der Waals surface area (Å²) in [6, 6.07) is 8.50. The average Bonchev–Trinajstić information content (AvgIpc) is 3.20. The minimum atomic E-state index is -4.80. The van der Waals surface area contributed by atoms with Gasteiger partial charge >= 0.3 is 12.2 Å². The second-order valence-electron chi connectivity index (χ2n) is 6.48. The number of nitrogens with one attached hydrogen (secondary N) is 4. The highest BCUT2D eigenvalue weighted by Gasteiger charge is 2.37. The van der Waals surface area contributed by atoms with Gasteiger partial charge in [0.25, 0.3) is 0 Å². The molecule has 3 rings (SSSR count). The molecule has 1 fully saturated rings. The predicted molar refractivity (Wildman–Crippen MR) is 99.9 cm³/mol. The molecular formula is C18H19F3N4O3S. The molecule has 0 saturated carbocycles. The van der Waals surface area contributed by atoms with E-state index in [1.807, 2.05) is 0 Å². The fourth-order valence-corrected chi connectivity index (χ4v) is 4.32. The Labute approximate surface area is 165 Å². The number of halogens is 3. The van der Waals surface area contributed by atoms with Crippen LogP contribution in [0.4, 0.5) is 23.7 Å². The molecule has 0 radical (unpaired) electrons. The molecule has 2 aromatic carbocycles. The van der Waals surface area contributed by atoms with Crippen molar-refractivity contribution < 1.29 is 26.4 Å². The Morgan fingerprint density at radius 1 is 1.03 bits per heavy atom. The molecule has 156 valence electrons. The van der Waals surface area contributed by atoms with E-state index in [9.17, 15) is 26.4 Å². The fourth-order valence-electron chi connectivity index (χ4n) is 2.84. The molecule has 1 heterocycles. The van der Waals surface area contributed by atoms with Gasteiger partial charge in [0.15, 0.2) is 0 Å². The summed E-state index contributed by atoms with van der Waals surface area (Å²) < 4.78 is 64.8. The maximum absolute atomic E-state index is 13.2. The second kappa shape index (κ2) is 8.39. The van der Waals surface area contributed by atoms with E-state index in [0.29, 0.717) is 12.2 Å². The summed E-state index contributed by atoms with van der Waals surface area (Å²) in [5.74, 6) is 0.252. The Kier molecular flexibility index (Phi) is 6.10. The molecule has 11 heteroatoms. The highest BCUT2D eigenvalue weighted by atomic mass is 32.2. The molecule has 2 amide bonds. The summed E-state index contributed by atoms with van der Waals surface area (Å²) in [5, 5.41) is 5.25. The third-order valence-electron chi connectivity index (χ3n) is 4.36. The highest BCUT2D eigenvalue weighted by Crippen LogP contribution is 2.36. The van der Waals surface area contributed by atoms with Crippen molar-refractivity contribution in [2.45, 2.75) is 16.0 Å². The molecule has 1 aliphatic heterocycles. The van der Waals surface area contributed by atoms with Gasteiger partial charge in [-0.05, 0) is 36.4 Å². The first-order chi connectivity index (χ1) is 13.7. The van der Waals surface area contributed by atoms with Crippen LogP contribution in [0.3, 0.4) is 0 Å². The normalized spacial score (nSPS) is 15.3. The van der Waals surface area contributed by atoms with Crippen LogP contribution < -0.4 is 21.5 Å². The zero-order valence-corrected chi connectivity index (χ0v) is 15.9. The number of hydrogen-bond acceptors (Lipinski definition) is 5. The van der Waals surface area contributed by atoms with E-state index in [1.165, 1.54) is 18.2 Å². The monoisotopic (exact) mass is 428 g/mol. The number of carbonyl (C=O) groups is 1. The molecule has 29 heavy (non-hydrogen) atoms. The highest BCUT2D eigenvalue weighted by molar-refractivity contribution is 7.91. The summed E-state index contributed by atoms with van der Waals surface area (Å²) >= 11 is 0. The third kappa shape index (κ3) is 5.05. The maximum atomic E-state index is 13.2. The van der Waals surface area contributed by atoms with E-state index >= 15 is 0 Å². The molecular weight excluding hydrogens is 409 g/mol. The van der Waals surface area contributed by atoms with Crippen molar-refractivity contribution >= 4 is 21.6 Å².